The van der Waals surface area contributed by atoms with Crippen molar-refractivity contribution in [1.82, 2.24) is 9.36 Å². The summed E-state index contributed by atoms with van der Waals surface area (Å²) in [6, 6.07) is 4.35. The smallest absolute Gasteiger partial charge is 0.203 e. The maximum absolute atomic E-state index is 4.36. The van der Waals surface area contributed by atoms with Gasteiger partial charge < -0.3 is 0 Å². The van der Waals surface area contributed by atoms with Crippen molar-refractivity contribution in [2.45, 2.75) is 0 Å². The molecule has 0 unspecified atom stereocenters. The van der Waals surface area contributed by atoms with Crippen molar-refractivity contribution in [3.8, 4) is 9.88 Å². The van der Waals surface area contributed by atoms with Gasteiger partial charge in [0.25, 0.3) is 0 Å². The van der Waals surface area contributed by atoms with E-state index in [9.17, 15) is 0 Å². The van der Waals surface area contributed by atoms with E-state index in [4.69, 9.17) is 0 Å². The number of hydrogen-bond donors (Lipinski definition) is 0. The lowest BCUT2D eigenvalue weighted by molar-refractivity contribution is 1.26. The van der Waals surface area contributed by atoms with Crippen molar-refractivity contribution in [3.05, 3.63) is 21.3 Å². The molecule has 3 heterocycles. The molecule has 0 aliphatic rings. The van der Waals surface area contributed by atoms with Gasteiger partial charge in [0, 0.05) is 32.0 Å². The molecular weight excluding hydrogens is 347 g/mol. The highest BCUT2D eigenvalue weighted by Gasteiger charge is 2.09. The van der Waals surface area contributed by atoms with Gasteiger partial charge in [0.1, 0.15) is 0 Å². The predicted molar refractivity (Wildman–Crippen MR) is 71.3 cm³/mol. The van der Waals surface area contributed by atoms with Gasteiger partial charge in [-0.1, -0.05) is 0 Å². The standard InChI is InChI=1S/C8H3IN2S3/c9-8-10-7(14-11-8)6-3-5-4(13-6)1-2-12-5/h1-3H. The number of halogens is 1. The van der Waals surface area contributed by atoms with Crippen molar-refractivity contribution in [1.29, 1.82) is 0 Å². The molecule has 0 aliphatic heterocycles. The second-order valence-electron chi connectivity index (χ2n) is 2.63. The first-order valence-corrected chi connectivity index (χ1v) is 7.34. The van der Waals surface area contributed by atoms with E-state index in [0.29, 0.717) is 0 Å². The number of thiophene rings is 2. The molecule has 6 heteroatoms. The molecule has 0 spiro atoms. The molecule has 14 heavy (non-hydrogen) atoms. The Kier molecular flexibility index (Phi) is 2.31. The molecule has 0 radical (unpaired) electrons. The molecule has 0 saturated heterocycles. The van der Waals surface area contributed by atoms with Gasteiger partial charge in [-0.3, -0.25) is 0 Å². The summed E-state index contributed by atoms with van der Waals surface area (Å²) >= 11 is 7.17. The van der Waals surface area contributed by atoms with Crippen molar-refractivity contribution in [2.24, 2.45) is 0 Å². The fourth-order valence-corrected chi connectivity index (χ4v) is 4.59. The summed E-state index contributed by atoms with van der Waals surface area (Å²) in [7, 11) is 0. The van der Waals surface area contributed by atoms with Crippen LogP contribution >= 0.6 is 56.8 Å². The minimum absolute atomic E-state index is 0.833. The SMILES string of the molecule is Ic1nsc(-c2cc3sccc3s2)n1. The fourth-order valence-electron chi connectivity index (χ4n) is 1.18. The largest absolute Gasteiger partial charge is 0.209 e. The van der Waals surface area contributed by atoms with Crippen LogP contribution in [0.4, 0.5) is 0 Å². The molecule has 3 aromatic rings. The Morgan fingerprint density at radius 1 is 1.29 bits per heavy atom. The Morgan fingerprint density at radius 2 is 2.21 bits per heavy atom. The van der Waals surface area contributed by atoms with Crippen LogP contribution in [0.25, 0.3) is 19.3 Å². The predicted octanol–water partition coefficient (Wildman–Crippen LogP) is 4.09. The van der Waals surface area contributed by atoms with Gasteiger partial charge in [0.05, 0.1) is 4.88 Å². The van der Waals surface area contributed by atoms with Gasteiger partial charge in [-0.15, -0.1) is 22.7 Å². The second kappa shape index (κ2) is 3.51. The highest BCUT2D eigenvalue weighted by Crippen LogP contribution is 2.36. The van der Waals surface area contributed by atoms with E-state index in [-0.39, 0.29) is 0 Å². The summed E-state index contributed by atoms with van der Waals surface area (Å²) in [5.74, 6) is 0. The van der Waals surface area contributed by atoms with E-state index < -0.39 is 0 Å². The van der Waals surface area contributed by atoms with Gasteiger partial charge >= 0.3 is 0 Å². The number of hydrogen-bond acceptors (Lipinski definition) is 5. The normalized spacial score (nSPS) is 11.2. The van der Waals surface area contributed by atoms with Gasteiger partial charge in [0.15, 0.2) is 5.01 Å². The molecule has 0 fully saturated rings. The van der Waals surface area contributed by atoms with Crippen LogP contribution in [0.15, 0.2) is 17.5 Å². The van der Waals surface area contributed by atoms with E-state index in [2.05, 4.69) is 49.5 Å². The van der Waals surface area contributed by atoms with E-state index >= 15 is 0 Å². The number of nitrogens with zero attached hydrogens (tertiary/aromatic N) is 2. The number of rotatable bonds is 1. The van der Waals surface area contributed by atoms with Crippen LogP contribution in [0.5, 0.6) is 0 Å². The summed E-state index contributed by atoms with van der Waals surface area (Å²) in [5.41, 5.74) is 0. The summed E-state index contributed by atoms with van der Waals surface area (Å²) in [4.78, 5) is 5.59. The Labute approximate surface area is 106 Å². The molecule has 3 aromatic heterocycles. The maximum Gasteiger partial charge on any atom is 0.203 e. The van der Waals surface area contributed by atoms with Crippen LogP contribution in [0.3, 0.4) is 0 Å². The summed E-state index contributed by atoms with van der Waals surface area (Å²) < 4.78 is 7.69. The molecule has 2 nitrogen and oxygen atoms in total. The second-order valence-corrected chi connectivity index (χ2v) is 6.38. The molecule has 70 valence electrons. The molecule has 0 amide bonds. The number of aromatic nitrogens is 2. The zero-order valence-corrected chi connectivity index (χ0v) is 11.3. The third kappa shape index (κ3) is 1.50. The monoisotopic (exact) mass is 350 g/mol. The Bertz CT molecular complexity index is 551. The first kappa shape index (κ1) is 9.20. The van der Waals surface area contributed by atoms with E-state index in [1.807, 2.05) is 0 Å². The Morgan fingerprint density at radius 3 is 2.93 bits per heavy atom. The molecule has 0 aromatic carbocycles. The lowest BCUT2D eigenvalue weighted by Crippen LogP contribution is -1.70. The van der Waals surface area contributed by atoms with E-state index in [0.717, 1.165) is 8.84 Å². The van der Waals surface area contributed by atoms with Crippen molar-refractivity contribution in [2.75, 3.05) is 0 Å². The lowest BCUT2D eigenvalue weighted by Gasteiger charge is -1.83. The average Bonchev–Trinajstić information content (AvgIpc) is 2.75. The van der Waals surface area contributed by atoms with E-state index in [1.165, 1.54) is 25.8 Å². The van der Waals surface area contributed by atoms with Crippen molar-refractivity contribution < 1.29 is 0 Å². The van der Waals surface area contributed by atoms with E-state index in [1.54, 1.807) is 22.7 Å². The van der Waals surface area contributed by atoms with Crippen LogP contribution < -0.4 is 0 Å². The van der Waals surface area contributed by atoms with Crippen molar-refractivity contribution in [3.63, 3.8) is 0 Å². The fraction of sp³-hybridized carbons (Fsp3) is 0. The first-order valence-electron chi connectivity index (χ1n) is 3.79. The van der Waals surface area contributed by atoms with Crippen molar-refractivity contribution >= 4 is 66.2 Å². The summed E-state index contributed by atoms with van der Waals surface area (Å²) in [6.45, 7) is 0. The van der Waals surface area contributed by atoms with Crippen LogP contribution in [-0.2, 0) is 0 Å². The van der Waals surface area contributed by atoms with Crippen LogP contribution in [0.2, 0.25) is 0 Å². The molecule has 0 saturated carbocycles. The Balaban J connectivity index is 2.18. The average molecular weight is 350 g/mol. The molecular formula is C8H3IN2S3. The van der Waals surface area contributed by atoms with Crippen LogP contribution in [0, 0.1) is 3.83 Å². The van der Waals surface area contributed by atoms with Gasteiger partial charge in [-0.05, 0) is 29.0 Å². The topological polar surface area (TPSA) is 25.8 Å². The quantitative estimate of drug-likeness (QED) is 0.618. The van der Waals surface area contributed by atoms with Crippen LogP contribution in [0.1, 0.15) is 0 Å². The van der Waals surface area contributed by atoms with Gasteiger partial charge in [-0.2, -0.15) is 4.37 Å². The lowest BCUT2D eigenvalue weighted by atomic mass is 10.4. The third-order valence-electron chi connectivity index (χ3n) is 1.75. The third-order valence-corrected chi connectivity index (χ3v) is 5.54. The minimum Gasteiger partial charge on any atom is -0.209 e. The van der Waals surface area contributed by atoms with Crippen LogP contribution in [-0.4, -0.2) is 9.36 Å². The highest BCUT2D eigenvalue weighted by atomic mass is 127. The molecule has 0 N–H and O–H groups in total. The van der Waals surface area contributed by atoms with Gasteiger partial charge in [0.2, 0.25) is 3.83 Å². The molecule has 3 rings (SSSR count). The molecule has 0 bridgehead atoms. The minimum atomic E-state index is 0.833. The summed E-state index contributed by atoms with van der Waals surface area (Å²) in [5, 5.41) is 3.15. The molecule has 0 atom stereocenters. The first-order chi connectivity index (χ1) is 6.83. The maximum atomic E-state index is 4.36. The Hall–Kier alpha value is -0.0500. The summed E-state index contributed by atoms with van der Waals surface area (Å²) in [6.07, 6.45) is 0. The zero-order valence-electron chi connectivity index (χ0n) is 6.73. The number of fused-ring (bicyclic) bond motifs is 1. The molecule has 0 aliphatic carbocycles. The van der Waals surface area contributed by atoms with Gasteiger partial charge in [-0.25, -0.2) is 4.98 Å². The zero-order chi connectivity index (χ0) is 9.54. The highest BCUT2D eigenvalue weighted by molar-refractivity contribution is 14.1.